The molecule has 107 valence electrons. The van der Waals surface area contributed by atoms with E-state index in [-0.39, 0.29) is 22.5 Å². The molecule has 0 atom stereocenters. The van der Waals surface area contributed by atoms with E-state index in [0.717, 1.165) is 11.0 Å². The normalized spacial score (nSPS) is 14.5. The molecular weight excluding hydrogens is 288 g/mol. The standard InChI is InChI=1S/C16H14ClN2O2/c17-10-13(20)15-16(21)19(11-12-6-2-1-3-7-12)14-8-4-5-9-18(14)15/h1-9,20H,10-11H2. The number of alkyl halides is 1. The maximum atomic E-state index is 12.6. The quantitative estimate of drug-likeness (QED) is 0.859. The number of aliphatic hydroxyl groups is 1. The van der Waals surface area contributed by atoms with Gasteiger partial charge in [0.25, 0.3) is 5.56 Å². The molecule has 1 radical (unpaired) electrons. The molecule has 5 heteroatoms. The van der Waals surface area contributed by atoms with E-state index in [1.807, 2.05) is 48.6 Å². The molecule has 1 aliphatic heterocycles. The largest absolute Gasteiger partial charge is 0.509 e. The third kappa shape index (κ3) is 2.43. The number of rotatable bonds is 3. The van der Waals surface area contributed by atoms with E-state index >= 15 is 0 Å². The lowest BCUT2D eigenvalue weighted by Crippen LogP contribution is -2.34. The molecule has 4 nitrogen and oxygen atoms in total. The summed E-state index contributed by atoms with van der Waals surface area (Å²) >= 11 is 5.68. The van der Waals surface area contributed by atoms with E-state index < -0.39 is 0 Å². The average Bonchev–Trinajstić information content (AvgIpc) is 2.80. The van der Waals surface area contributed by atoms with Crippen molar-refractivity contribution in [3.8, 4) is 0 Å². The van der Waals surface area contributed by atoms with Gasteiger partial charge in [-0.05, 0) is 11.6 Å². The first kappa shape index (κ1) is 13.8. The smallest absolute Gasteiger partial charge is 0.279 e. The van der Waals surface area contributed by atoms with Crippen molar-refractivity contribution in [2.75, 3.05) is 5.88 Å². The average molecular weight is 302 g/mol. The number of nitrogens with zero attached hydrogens (tertiary/aromatic N) is 2. The van der Waals surface area contributed by atoms with Gasteiger partial charge < -0.3 is 9.67 Å². The van der Waals surface area contributed by atoms with E-state index in [4.69, 9.17) is 11.6 Å². The molecule has 0 amide bonds. The fourth-order valence-corrected chi connectivity index (χ4v) is 2.55. The number of fused-ring (bicyclic) bond motifs is 1. The van der Waals surface area contributed by atoms with Gasteiger partial charge in [0.05, 0.1) is 19.0 Å². The Morgan fingerprint density at radius 1 is 1.19 bits per heavy atom. The third-order valence-corrected chi connectivity index (χ3v) is 3.64. The van der Waals surface area contributed by atoms with Gasteiger partial charge in [-0.15, -0.1) is 11.6 Å². The monoisotopic (exact) mass is 301 g/mol. The molecule has 0 unspecified atom stereocenters. The molecule has 0 bridgehead atoms. The molecule has 21 heavy (non-hydrogen) atoms. The Bertz CT molecular complexity index is 860. The van der Waals surface area contributed by atoms with Crippen molar-refractivity contribution < 1.29 is 5.11 Å². The van der Waals surface area contributed by atoms with E-state index in [1.165, 1.54) is 0 Å². The first-order valence-electron chi connectivity index (χ1n) is 6.57. The fraction of sp³-hybridized carbons (Fsp3) is 0.125. The van der Waals surface area contributed by atoms with Gasteiger partial charge in [0.15, 0.2) is 0 Å². The zero-order chi connectivity index (χ0) is 14.8. The van der Waals surface area contributed by atoms with Crippen LogP contribution in [0.4, 0.5) is 0 Å². The van der Waals surface area contributed by atoms with Crippen LogP contribution in [-0.2, 0) is 6.54 Å². The summed E-state index contributed by atoms with van der Waals surface area (Å²) in [5, 5.41) is 10.2. The van der Waals surface area contributed by atoms with E-state index in [9.17, 15) is 9.90 Å². The van der Waals surface area contributed by atoms with Gasteiger partial charge in [0.2, 0.25) is 0 Å². The zero-order valence-electron chi connectivity index (χ0n) is 11.2. The Balaban J connectivity index is 2.26. The number of allylic oxidation sites excluding steroid dienone is 2. The van der Waals surface area contributed by atoms with Crippen LogP contribution in [0.15, 0.2) is 47.3 Å². The number of hydrogen-bond acceptors (Lipinski definition) is 2. The number of aromatic nitrogens is 2. The van der Waals surface area contributed by atoms with Crippen LogP contribution in [0, 0.1) is 6.54 Å². The summed E-state index contributed by atoms with van der Waals surface area (Å²) in [6.07, 6.45) is 5.51. The van der Waals surface area contributed by atoms with Crippen molar-refractivity contribution in [2.45, 2.75) is 6.54 Å². The predicted molar refractivity (Wildman–Crippen MR) is 83.5 cm³/mol. The lowest BCUT2D eigenvalue weighted by molar-refractivity contribution is 0.495. The van der Waals surface area contributed by atoms with E-state index in [0.29, 0.717) is 6.54 Å². The van der Waals surface area contributed by atoms with Crippen LogP contribution in [-0.4, -0.2) is 20.1 Å². The van der Waals surface area contributed by atoms with Crippen molar-refractivity contribution in [1.29, 1.82) is 0 Å². The van der Waals surface area contributed by atoms with Crippen LogP contribution in [0.1, 0.15) is 5.56 Å². The molecule has 1 N–H and O–H groups in total. The van der Waals surface area contributed by atoms with Crippen LogP contribution >= 0.6 is 11.6 Å². The minimum absolute atomic E-state index is 0.0957. The molecule has 2 aromatic rings. The number of aliphatic hydroxyl groups excluding tert-OH is 1. The van der Waals surface area contributed by atoms with Crippen molar-refractivity contribution in [2.24, 2.45) is 0 Å². The van der Waals surface area contributed by atoms with Crippen LogP contribution < -0.4 is 16.4 Å². The minimum atomic E-state index is -0.247. The van der Waals surface area contributed by atoms with E-state index in [2.05, 4.69) is 0 Å². The Kier molecular flexibility index (Phi) is 3.71. The maximum Gasteiger partial charge on any atom is 0.279 e. The van der Waals surface area contributed by atoms with Gasteiger partial charge in [-0.1, -0.05) is 42.5 Å². The van der Waals surface area contributed by atoms with Crippen molar-refractivity contribution >= 4 is 23.4 Å². The molecule has 3 rings (SSSR count). The molecule has 1 aromatic carbocycles. The first-order valence-corrected chi connectivity index (χ1v) is 7.10. The van der Waals surface area contributed by atoms with Crippen molar-refractivity contribution in [3.63, 3.8) is 0 Å². The first-order chi connectivity index (χ1) is 10.2. The Labute approximate surface area is 126 Å². The molecule has 0 aliphatic carbocycles. The summed E-state index contributed by atoms with van der Waals surface area (Å²) in [6, 6.07) is 9.72. The maximum absolute atomic E-state index is 12.6. The number of halogens is 1. The second kappa shape index (κ2) is 5.66. The highest BCUT2D eigenvalue weighted by Crippen LogP contribution is 2.00. The SMILES string of the molecule is O=c1c(=C(O)CCl)n2c(n1Cc1ccccc1)=CC=C[CH]2. The molecule has 1 aromatic heterocycles. The topological polar surface area (TPSA) is 47.2 Å². The lowest BCUT2D eigenvalue weighted by atomic mass is 10.2. The second-order valence-corrected chi connectivity index (χ2v) is 5.00. The summed E-state index contributed by atoms with van der Waals surface area (Å²) < 4.78 is 3.30. The molecule has 0 spiro atoms. The van der Waals surface area contributed by atoms with Gasteiger partial charge in [0.1, 0.15) is 16.6 Å². The van der Waals surface area contributed by atoms with Crippen LogP contribution in [0.25, 0.3) is 11.8 Å². The summed E-state index contributed by atoms with van der Waals surface area (Å²) in [6.45, 7) is 2.19. The van der Waals surface area contributed by atoms with Gasteiger partial charge >= 0.3 is 0 Å². The Hall–Kier alpha value is -2.20. The summed E-state index contributed by atoms with van der Waals surface area (Å²) in [4.78, 5) is 12.6. The number of benzene rings is 1. The molecular formula is C16H14ClN2O2. The molecule has 0 fully saturated rings. The highest BCUT2D eigenvalue weighted by Gasteiger charge is 2.14. The third-order valence-electron chi connectivity index (χ3n) is 3.39. The zero-order valence-corrected chi connectivity index (χ0v) is 12.0. The lowest BCUT2D eigenvalue weighted by Gasteiger charge is -2.06. The van der Waals surface area contributed by atoms with Gasteiger partial charge in [-0.2, -0.15) is 0 Å². The van der Waals surface area contributed by atoms with Crippen molar-refractivity contribution in [1.82, 2.24) is 9.13 Å². The van der Waals surface area contributed by atoms with Crippen LogP contribution in [0.2, 0.25) is 0 Å². The molecule has 0 saturated heterocycles. The second-order valence-electron chi connectivity index (χ2n) is 4.73. The van der Waals surface area contributed by atoms with Crippen LogP contribution in [0.3, 0.4) is 0 Å². The molecule has 1 aliphatic rings. The molecule has 0 saturated carbocycles. The number of hydrogen-bond donors (Lipinski definition) is 1. The van der Waals surface area contributed by atoms with Gasteiger partial charge in [-0.3, -0.25) is 9.36 Å². The molecule has 2 heterocycles. The predicted octanol–water partition coefficient (Wildman–Crippen LogP) is 0.963. The fourth-order valence-electron chi connectivity index (χ4n) is 2.42. The summed E-state index contributed by atoms with van der Waals surface area (Å²) in [5.74, 6) is -0.212. The highest BCUT2D eigenvalue weighted by atomic mass is 35.5. The van der Waals surface area contributed by atoms with Gasteiger partial charge in [-0.25, -0.2) is 0 Å². The van der Waals surface area contributed by atoms with Crippen molar-refractivity contribution in [3.05, 3.63) is 75.8 Å². The van der Waals surface area contributed by atoms with Gasteiger partial charge in [0, 0.05) is 0 Å². The summed E-state index contributed by atoms with van der Waals surface area (Å²) in [7, 11) is 0. The van der Waals surface area contributed by atoms with Crippen LogP contribution in [0.5, 0.6) is 0 Å². The Morgan fingerprint density at radius 3 is 2.67 bits per heavy atom. The van der Waals surface area contributed by atoms with E-state index in [1.54, 1.807) is 15.7 Å². The highest BCUT2D eigenvalue weighted by molar-refractivity contribution is 6.21. The summed E-state index contributed by atoms with van der Waals surface area (Å²) in [5.41, 5.74) is 1.49. The number of imidazole rings is 1. The minimum Gasteiger partial charge on any atom is -0.509 e. The Morgan fingerprint density at radius 2 is 1.95 bits per heavy atom.